The van der Waals surface area contributed by atoms with Gasteiger partial charge in [0.25, 0.3) is 0 Å². The Kier molecular flexibility index (Phi) is 5.81. The zero-order valence-corrected chi connectivity index (χ0v) is 7.00. The van der Waals surface area contributed by atoms with E-state index in [0.717, 1.165) is 0 Å². The lowest BCUT2D eigenvalue weighted by Gasteiger charge is -1.82. The molecule has 0 bridgehead atoms. The first-order valence-electron chi connectivity index (χ1n) is 2.56. The van der Waals surface area contributed by atoms with Gasteiger partial charge in [0, 0.05) is 6.42 Å². The molecule has 50 valence electrons. The molecule has 0 aromatic heterocycles. The van der Waals surface area contributed by atoms with Gasteiger partial charge in [-0.05, 0) is 35.1 Å². The van der Waals surface area contributed by atoms with Crippen molar-refractivity contribution in [3.63, 3.8) is 0 Å². The van der Waals surface area contributed by atoms with E-state index in [1.54, 1.807) is 28.7 Å². The van der Waals surface area contributed by atoms with Crippen molar-refractivity contribution in [3.8, 4) is 0 Å². The Morgan fingerprint density at radius 3 is 2.67 bits per heavy atom. The number of carbonyl (C=O) groups is 2. The molecule has 3 heteroatoms. The SMILES string of the molecule is O=C/C=C/CCC(=O)I. The van der Waals surface area contributed by atoms with Crippen LogP contribution in [-0.2, 0) is 9.59 Å². The van der Waals surface area contributed by atoms with Crippen molar-refractivity contribution >= 4 is 32.7 Å². The van der Waals surface area contributed by atoms with Gasteiger partial charge in [0.05, 0.1) is 0 Å². The van der Waals surface area contributed by atoms with Gasteiger partial charge in [0.2, 0.25) is 0 Å². The first kappa shape index (κ1) is 8.81. The number of hydrogen-bond donors (Lipinski definition) is 0. The molecule has 0 aromatic rings. The molecule has 0 heterocycles. The third kappa shape index (κ3) is 7.81. The van der Waals surface area contributed by atoms with Crippen LogP contribution in [0.3, 0.4) is 0 Å². The summed E-state index contributed by atoms with van der Waals surface area (Å²) in [6.45, 7) is 0. The number of allylic oxidation sites excluding steroid dienone is 2. The van der Waals surface area contributed by atoms with E-state index in [9.17, 15) is 9.59 Å². The van der Waals surface area contributed by atoms with Crippen molar-refractivity contribution in [2.45, 2.75) is 12.8 Å². The molecule has 0 atom stereocenters. The monoisotopic (exact) mass is 238 g/mol. The Labute approximate surface area is 67.5 Å². The Morgan fingerprint density at radius 2 is 2.22 bits per heavy atom. The van der Waals surface area contributed by atoms with E-state index in [-0.39, 0.29) is 3.79 Å². The molecule has 0 unspecified atom stereocenters. The molecule has 0 aliphatic carbocycles. The van der Waals surface area contributed by atoms with Gasteiger partial charge < -0.3 is 0 Å². The minimum atomic E-state index is 0.128. The maximum atomic E-state index is 10.3. The summed E-state index contributed by atoms with van der Waals surface area (Å²) in [6, 6.07) is 0. The predicted molar refractivity (Wildman–Crippen MR) is 43.5 cm³/mol. The summed E-state index contributed by atoms with van der Waals surface area (Å²) in [5.74, 6) is 0. The summed E-state index contributed by atoms with van der Waals surface area (Å²) >= 11 is 1.73. The fourth-order valence-corrected chi connectivity index (χ4v) is 0.660. The Hall–Kier alpha value is -0.190. The number of hydrogen-bond acceptors (Lipinski definition) is 2. The molecule has 0 radical (unpaired) electrons. The van der Waals surface area contributed by atoms with E-state index < -0.39 is 0 Å². The molecule has 0 aliphatic rings. The lowest BCUT2D eigenvalue weighted by Crippen LogP contribution is -1.80. The first-order chi connectivity index (χ1) is 4.27. The van der Waals surface area contributed by atoms with Gasteiger partial charge in [-0.25, -0.2) is 0 Å². The standard InChI is InChI=1S/C6H7IO2/c7-6(9)4-2-1-3-5-8/h1,3,5H,2,4H2/b3-1+. The highest BCUT2D eigenvalue weighted by Crippen LogP contribution is 1.97. The molecule has 0 N–H and O–H groups in total. The van der Waals surface area contributed by atoms with Crippen molar-refractivity contribution in [2.75, 3.05) is 0 Å². The van der Waals surface area contributed by atoms with Crippen LogP contribution in [0.4, 0.5) is 0 Å². The van der Waals surface area contributed by atoms with Crippen LogP contribution >= 0.6 is 22.6 Å². The second-order valence-electron chi connectivity index (χ2n) is 1.46. The van der Waals surface area contributed by atoms with Gasteiger partial charge in [-0.2, -0.15) is 0 Å². The molecule has 9 heavy (non-hydrogen) atoms. The van der Waals surface area contributed by atoms with Crippen LogP contribution in [0.5, 0.6) is 0 Å². The van der Waals surface area contributed by atoms with Crippen LogP contribution < -0.4 is 0 Å². The number of aldehydes is 1. The fourth-order valence-electron chi connectivity index (χ4n) is 0.349. The minimum absolute atomic E-state index is 0.128. The molecule has 0 spiro atoms. The topological polar surface area (TPSA) is 34.1 Å². The van der Waals surface area contributed by atoms with Crippen molar-refractivity contribution in [3.05, 3.63) is 12.2 Å². The average molecular weight is 238 g/mol. The third-order valence-electron chi connectivity index (χ3n) is 0.722. The van der Waals surface area contributed by atoms with Crippen LogP contribution in [0, 0.1) is 0 Å². The molecule has 0 saturated carbocycles. The Morgan fingerprint density at radius 1 is 1.56 bits per heavy atom. The van der Waals surface area contributed by atoms with Gasteiger partial charge >= 0.3 is 0 Å². The van der Waals surface area contributed by atoms with Gasteiger partial charge in [-0.3, -0.25) is 9.59 Å². The Balaban J connectivity index is 3.19. The van der Waals surface area contributed by atoms with E-state index in [0.29, 0.717) is 19.1 Å². The van der Waals surface area contributed by atoms with Crippen molar-refractivity contribution < 1.29 is 9.59 Å². The van der Waals surface area contributed by atoms with E-state index >= 15 is 0 Å². The zero-order valence-electron chi connectivity index (χ0n) is 4.84. The van der Waals surface area contributed by atoms with Crippen LogP contribution in [0.2, 0.25) is 0 Å². The highest BCUT2D eigenvalue weighted by atomic mass is 127. The summed E-state index contributed by atoms with van der Waals surface area (Å²) in [6.07, 6.45) is 4.98. The fraction of sp³-hybridized carbons (Fsp3) is 0.333. The van der Waals surface area contributed by atoms with Crippen molar-refractivity contribution in [1.82, 2.24) is 0 Å². The van der Waals surface area contributed by atoms with Crippen molar-refractivity contribution in [1.29, 1.82) is 0 Å². The summed E-state index contributed by atoms with van der Waals surface area (Å²) in [4.78, 5) is 19.9. The number of carbonyl (C=O) groups excluding carboxylic acids is 2. The molecular formula is C6H7IO2. The second kappa shape index (κ2) is 5.94. The van der Waals surface area contributed by atoms with E-state index in [2.05, 4.69) is 0 Å². The van der Waals surface area contributed by atoms with Crippen LogP contribution in [0.1, 0.15) is 12.8 Å². The molecule has 0 saturated heterocycles. The molecule has 0 amide bonds. The van der Waals surface area contributed by atoms with Gasteiger partial charge in [-0.1, -0.05) is 6.08 Å². The van der Waals surface area contributed by atoms with Gasteiger partial charge in [0.15, 0.2) is 3.79 Å². The smallest absolute Gasteiger partial charge is 0.192 e. The Bertz CT molecular complexity index is 129. The maximum absolute atomic E-state index is 10.3. The van der Waals surface area contributed by atoms with E-state index in [1.165, 1.54) is 6.08 Å². The second-order valence-corrected chi connectivity index (χ2v) is 2.66. The van der Waals surface area contributed by atoms with E-state index in [4.69, 9.17) is 0 Å². The predicted octanol–water partition coefficient (Wildman–Crippen LogP) is 1.48. The summed E-state index contributed by atoms with van der Waals surface area (Å²) in [7, 11) is 0. The van der Waals surface area contributed by atoms with E-state index in [1.807, 2.05) is 0 Å². The summed E-state index contributed by atoms with van der Waals surface area (Å²) < 4.78 is 0.128. The molecule has 0 aliphatic heterocycles. The van der Waals surface area contributed by atoms with Crippen LogP contribution in [0.15, 0.2) is 12.2 Å². The zero-order chi connectivity index (χ0) is 7.11. The largest absolute Gasteiger partial charge is 0.299 e. The lowest BCUT2D eigenvalue weighted by atomic mass is 10.3. The molecular weight excluding hydrogens is 231 g/mol. The highest BCUT2D eigenvalue weighted by Gasteiger charge is 1.89. The number of rotatable bonds is 4. The summed E-state index contributed by atoms with van der Waals surface area (Å²) in [5, 5.41) is 0. The molecule has 2 nitrogen and oxygen atoms in total. The lowest BCUT2D eigenvalue weighted by molar-refractivity contribution is -0.109. The van der Waals surface area contributed by atoms with Crippen LogP contribution in [0.25, 0.3) is 0 Å². The van der Waals surface area contributed by atoms with Crippen molar-refractivity contribution in [2.24, 2.45) is 0 Å². The third-order valence-corrected chi connectivity index (χ3v) is 1.26. The highest BCUT2D eigenvalue weighted by molar-refractivity contribution is 14.1. The maximum Gasteiger partial charge on any atom is 0.192 e. The quantitative estimate of drug-likeness (QED) is 0.322. The van der Waals surface area contributed by atoms with Gasteiger partial charge in [-0.15, -0.1) is 0 Å². The molecule has 0 fully saturated rings. The first-order valence-corrected chi connectivity index (χ1v) is 3.64. The van der Waals surface area contributed by atoms with Crippen LogP contribution in [-0.4, -0.2) is 10.1 Å². The average Bonchev–Trinajstić information content (AvgIpc) is 1.80. The number of halogens is 1. The minimum Gasteiger partial charge on any atom is -0.299 e. The summed E-state index contributed by atoms with van der Waals surface area (Å²) in [5.41, 5.74) is 0. The normalized spacial score (nSPS) is 9.89. The molecule has 0 aromatic carbocycles. The van der Waals surface area contributed by atoms with Gasteiger partial charge in [0.1, 0.15) is 6.29 Å². The molecule has 0 rings (SSSR count).